The summed E-state index contributed by atoms with van der Waals surface area (Å²) in [6.45, 7) is 0. The summed E-state index contributed by atoms with van der Waals surface area (Å²) in [7, 11) is 2.99. The second-order valence-electron chi connectivity index (χ2n) is 6.35. The van der Waals surface area contributed by atoms with E-state index in [1.165, 1.54) is 25.5 Å². The minimum Gasteiger partial charge on any atom is -0.497 e. The molecule has 0 saturated carbocycles. The lowest BCUT2D eigenvalue weighted by Crippen LogP contribution is -2.17. The fraction of sp³-hybridized carbons (Fsp3) is 0.0870. The van der Waals surface area contributed by atoms with Crippen molar-refractivity contribution in [1.82, 2.24) is 5.43 Å². The molecule has 0 aliphatic heterocycles. The van der Waals surface area contributed by atoms with Crippen LogP contribution in [0.25, 0.3) is 0 Å². The van der Waals surface area contributed by atoms with Crippen molar-refractivity contribution in [3.8, 4) is 17.2 Å². The number of benzene rings is 3. The highest BCUT2D eigenvalue weighted by Gasteiger charge is 2.16. The summed E-state index contributed by atoms with van der Waals surface area (Å²) in [6.07, 6.45) is 1.44. The largest absolute Gasteiger partial charge is 0.497 e. The molecular weight excluding hydrogens is 455 g/mol. The van der Waals surface area contributed by atoms with Gasteiger partial charge in [-0.25, -0.2) is 10.2 Å². The molecule has 3 aromatic rings. The number of nitrogens with zero attached hydrogens (tertiary/aromatic N) is 1. The van der Waals surface area contributed by atoms with Crippen LogP contribution in [-0.2, 0) is 0 Å². The molecule has 0 radical (unpaired) electrons. The van der Waals surface area contributed by atoms with Crippen LogP contribution in [0.3, 0.4) is 0 Å². The number of ether oxygens (including phenoxy) is 3. The molecule has 0 fully saturated rings. The SMILES string of the molecule is COc1ccc(C(=O)N/N=C/c2ccc(OC(=O)c3ccc(Cl)cc3Cl)c(OC)c2)cc1. The van der Waals surface area contributed by atoms with Gasteiger partial charge in [-0.05, 0) is 66.2 Å². The van der Waals surface area contributed by atoms with Gasteiger partial charge in [0.15, 0.2) is 11.5 Å². The minimum atomic E-state index is -0.655. The molecule has 0 aromatic heterocycles. The lowest BCUT2D eigenvalue weighted by Gasteiger charge is -2.10. The number of nitrogens with one attached hydrogen (secondary N) is 1. The molecule has 1 amide bonds. The van der Waals surface area contributed by atoms with Gasteiger partial charge < -0.3 is 14.2 Å². The third-order valence-corrected chi connectivity index (χ3v) is 4.82. The standard InChI is InChI=1S/C23H18Cl2N2O5/c1-30-17-7-4-15(5-8-17)22(28)27-26-13-14-3-10-20(21(11-14)31-2)32-23(29)18-9-6-16(24)12-19(18)25/h3-13H,1-2H3,(H,27,28)/b26-13+. The molecule has 0 spiro atoms. The van der Waals surface area contributed by atoms with Gasteiger partial charge in [-0.2, -0.15) is 5.10 Å². The van der Waals surface area contributed by atoms with Crippen molar-refractivity contribution >= 4 is 41.3 Å². The number of carbonyl (C=O) groups is 2. The van der Waals surface area contributed by atoms with Crippen molar-refractivity contribution in [2.45, 2.75) is 0 Å². The van der Waals surface area contributed by atoms with Crippen LogP contribution in [0.4, 0.5) is 0 Å². The molecule has 0 aliphatic carbocycles. The van der Waals surface area contributed by atoms with Gasteiger partial charge in [0, 0.05) is 10.6 Å². The third-order valence-electron chi connectivity index (χ3n) is 4.27. The van der Waals surface area contributed by atoms with Gasteiger partial charge in [0.1, 0.15) is 5.75 Å². The minimum absolute atomic E-state index is 0.171. The van der Waals surface area contributed by atoms with Crippen molar-refractivity contribution < 1.29 is 23.8 Å². The first kappa shape index (κ1) is 23.1. The van der Waals surface area contributed by atoms with E-state index in [1.807, 2.05) is 0 Å². The van der Waals surface area contributed by atoms with Gasteiger partial charge >= 0.3 is 5.97 Å². The Kier molecular flexibility index (Phi) is 7.70. The number of hydrogen-bond acceptors (Lipinski definition) is 6. The monoisotopic (exact) mass is 472 g/mol. The van der Waals surface area contributed by atoms with E-state index in [1.54, 1.807) is 55.6 Å². The number of hydrogen-bond donors (Lipinski definition) is 1. The van der Waals surface area contributed by atoms with Crippen molar-refractivity contribution in [1.29, 1.82) is 0 Å². The molecule has 3 rings (SSSR count). The van der Waals surface area contributed by atoms with E-state index in [9.17, 15) is 9.59 Å². The number of amides is 1. The van der Waals surface area contributed by atoms with E-state index in [2.05, 4.69) is 10.5 Å². The smallest absolute Gasteiger partial charge is 0.345 e. The first-order valence-corrected chi connectivity index (χ1v) is 9.99. The second-order valence-corrected chi connectivity index (χ2v) is 7.20. The van der Waals surface area contributed by atoms with Gasteiger partial charge in [0.05, 0.1) is 31.0 Å². The van der Waals surface area contributed by atoms with E-state index >= 15 is 0 Å². The van der Waals surface area contributed by atoms with Gasteiger partial charge in [0.25, 0.3) is 5.91 Å². The van der Waals surface area contributed by atoms with Crippen LogP contribution in [0.1, 0.15) is 26.3 Å². The van der Waals surface area contributed by atoms with E-state index in [0.717, 1.165) is 0 Å². The zero-order valence-corrected chi connectivity index (χ0v) is 18.6. The van der Waals surface area contributed by atoms with Crippen molar-refractivity contribution in [3.05, 3.63) is 87.4 Å². The highest BCUT2D eigenvalue weighted by Crippen LogP contribution is 2.30. The summed E-state index contributed by atoms with van der Waals surface area (Å²) in [4.78, 5) is 24.6. The maximum absolute atomic E-state index is 12.4. The quantitative estimate of drug-likeness (QED) is 0.226. The summed E-state index contributed by atoms with van der Waals surface area (Å²) in [5.74, 6) is 0.118. The molecule has 1 N–H and O–H groups in total. The van der Waals surface area contributed by atoms with Crippen LogP contribution < -0.4 is 19.6 Å². The molecule has 164 valence electrons. The van der Waals surface area contributed by atoms with Gasteiger partial charge in [0.2, 0.25) is 0 Å². The van der Waals surface area contributed by atoms with Crippen molar-refractivity contribution in [2.75, 3.05) is 14.2 Å². The number of carbonyl (C=O) groups excluding carboxylic acids is 2. The summed E-state index contributed by atoms with van der Waals surface area (Å²) in [5, 5.41) is 4.53. The Morgan fingerprint density at radius 1 is 0.906 bits per heavy atom. The number of halogens is 2. The van der Waals surface area contributed by atoms with E-state index < -0.39 is 5.97 Å². The predicted octanol–water partition coefficient (Wildman–Crippen LogP) is 4.99. The Labute approximate surface area is 194 Å². The molecule has 0 bridgehead atoms. The Bertz CT molecular complexity index is 1160. The van der Waals surface area contributed by atoms with Crippen LogP contribution in [0.15, 0.2) is 65.8 Å². The molecule has 0 heterocycles. The highest BCUT2D eigenvalue weighted by atomic mass is 35.5. The Morgan fingerprint density at radius 3 is 2.31 bits per heavy atom. The van der Waals surface area contributed by atoms with Crippen LogP contribution >= 0.6 is 23.2 Å². The van der Waals surface area contributed by atoms with Gasteiger partial charge in [-0.1, -0.05) is 23.2 Å². The van der Waals surface area contributed by atoms with Crippen molar-refractivity contribution in [3.63, 3.8) is 0 Å². The molecular formula is C23H18Cl2N2O5. The fourth-order valence-electron chi connectivity index (χ4n) is 2.63. The van der Waals surface area contributed by atoms with Gasteiger partial charge in [-0.3, -0.25) is 4.79 Å². The second kappa shape index (κ2) is 10.7. The molecule has 0 unspecified atom stereocenters. The fourth-order valence-corrected chi connectivity index (χ4v) is 3.12. The molecule has 7 nitrogen and oxygen atoms in total. The summed E-state index contributed by atoms with van der Waals surface area (Å²) in [5.41, 5.74) is 3.66. The van der Waals surface area contributed by atoms with Crippen molar-refractivity contribution in [2.24, 2.45) is 5.10 Å². The molecule has 0 aliphatic rings. The van der Waals surface area contributed by atoms with Crippen LogP contribution in [0.5, 0.6) is 17.2 Å². The zero-order valence-electron chi connectivity index (χ0n) is 17.1. The van der Waals surface area contributed by atoms with Crippen LogP contribution in [0, 0.1) is 0 Å². The van der Waals surface area contributed by atoms with E-state index in [-0.39, 0.29) is 22.2 Å². The average molecular weight is 473 g/mol. The Morgan fingerprint density at radius 2 is 1.66 bits per heavy atom. The molecule has 9 heteroatoms. The summed E-state index contributed by atoms with van der Waals surface area (Å²) < 4.78 is 15.8. The molecule has 0 saturated heterocycles. The number of rotatable bonds is 7. The third kappa shape index (κ3) is 5.78. The van der Waals surface area contributed by atoms with Crippen LogP contribution in [-0.4, -0.2) is 32.3 Å². The topological polar surface area (TPSA) is 86.2 Å². The maximum Gasteiger partial charge on any atom is 0.345 e. The molecule has 0 atom stereocenters. The molecule has 32 heavy (non-hydrogen) atoms. The number of esters is 1. The summed E-state index contributed by atoms with van der Waals surface area (Å²) >= 11 is 11.9. The maximum atomic E-state index is 12.4. The normalized spacial score (nSPS) is 10.6. The van der Waals surface area contributed by atoms with Gasteiger partial charge in [-0.15, -0.1) is 0 Å². The number of hydrazone groups is 1. The van der Waals surface area contributed by atoms with Crippen LogP contribution in [0.2, 0.25) is 10.0 Å². The number of methoxy groups -OCH3 is 2. The highest BCUT2D eigenvalue weighted by molar-refractivity contribution is 6.36. The van der Waals surface area contributed by atoms with E-state index in [0.29, 0.717) is 27.6 Å². The zero-order chi connectivity index (χ0) is 23.1. The molecule has 3 aromatic carbocycles. The first-order chi connectivity index (χ1) is 15.4. The first-order valence-electron chi connectivity index (χ1n) is 9.24. The predicted molar refractivity (Wildman–Crippen MR) is 122 cm³/mol. The summed E-state index contributed by atoms with van der Waals surface area (Å²) in [6, 6.07) is 15.9. The lowest BCUT2D eigenvalue weighted by atomic mass is 10.2. The lowest BCUT2D eigenvalue weighted by molar-refractivity contribution is 0.0729. The van der Waals surface area contributed by atoms with E-state index in [4.69, 9.17) is 37.4 Å². The average Bonchev–Trinajstić information content (AvgIpc) is 2.79. The Hall–Kier alpha value is -3.55. The Balaban J connectivity index is 1.67.